The van der Waals surface area contributed by atoms with Crippen LogP contribution in [0, 0.1) is 23.2 Å². The van der Waals surface area contributed by atoms with Gasteiger partial charge in [0.15, 0.2) is 0 Å². The molecule has 7 heteroatoms. The summed E-state index contributed by atoms with van der Waals surface area (Å²) < 4.78 is 5.05. The predicted molar refractivity (Wildman–Crippen MR) is 90.1 cm³/mol. The molecule has 0 aliphatic rings. The van der Waals surface area contributed by atoms with Crippen molar-refractivity contribution in [3.63, 3.8) is 0 Å². The van der Waals surface area contributed by atoms with Crippen LogP contribution in [-0.2, 0) is 19.1 Å². The van der Waals surface area contributed by atoms with E-state index in [2.05, 4.69) is 5.32 Å². The third-order valence-corrected chi connectivity index (χ3v) is 3.86. The SMILES string of the molecule is CCOC(=O)C(NC(=O)[C@H](CC(C)C)C(C)C(=O)NO)C(C)(C)C. The van der Waals surface area contributed by atoms with Crippen LogP contribution in [0.5, 0.6) is 0 Å². The van der Waals surface area contributed by atoms with Crippen LogP contribution in [0.3, 0.4) is 0 Å². The van der Waals surface area contributed by atoms with Gasteiger partial charge in [-0.25, -0.2) is 10.3 Å². The number of hydrogen-bond acceptors (Lipinski definition) is 5. The Labute approximate surface area is 144 Å². The topological polar surface area (TPSA) is 105 Å². The van der Waals surface area contributed by atoms with Crippen LogP contribution in [-0.4, -0.2) is 35.6 Å². The second-order valence-electron chi connectivity index (χ2n) is 7.56. The number of hydroxylamine groups is 1. The molecule has 0 radical (unpaired) electrons. The van der Waals surface area contributed by atoms with Crippen molar-refractivity contribution in [3.8, 4) is 0 Å². The van der Waals surface area contributed by atoms with Crippen molar-refractivity contribution in [1.29, 1.82) is 0 Å². The maximum absolute atomic E-state index is 12.7. The smallest absolute Gasteiger partial charge is 0.329 e. The lowest BCUT2D eigenvalue weighted by Gasteiger charge is -2.32. The molecule has 7 nitrogen and oxygen atoms in total. The van der Waals surface area contributed by atoms with Crippen LogP contribution in [0.4, 0.5) is 0 Å². The lowest BCUT2D eigenvalue weighted by molar-refractivity contribution is -0.151. The number of hydrogen-bond donors (Lipinski definition) is 3. The number of rotatable bonds is 8. The van der Waals surface area contributed by atoms with Crippen molar-refractivity contribution >= 4 is 17.8 Å². The summed E-state index contributed by atoms with van der Waals surface area (Å²) in [6.45, 7) is 12.9. The zero-order valence-corrected chi connectivity index (χ0v) is 15.8. The van der Waals surface area contributed by atoms with E-state index in [1.54, 1.807) is 19.3 Å². The molecule has 3 atom stereocenters. The highest BCUT2D eigenvalue weighted by molar-refractivity contribution is 5.90. The second kappa shape index (κ2) is 9.61. The lowest BCUT2D eigenvalue weighted by atomic mass is 9.83. The first-order valence-corrected chi connectivity index (χ1v) is 8.36. The fourth-order valence-corrected chi connectivity index (χ4v) is 2.43. The van der Waals surface area contributed by atoms with Gasteiger partial charge >= 0.3 is 5.97 Å². The largest absolute Gasteiger partial charge is 0.464 e. The molecule has 0 saturated heterocycles. The Morgan fingerprint density at radius 2 is 1.62 bits per heavy atom. The van der Waals surface area contributed by atoms with Crippen molar-refractivity contribution < 1.29 is 24.3 Å². The number of nitrogens with one attached hydrogen (secondary N) is 2. The summed E-state index contributed by atoms with van der Waals surface area (Å²) in [7, 11) is 0. The fourth-order valence-electron chi connectivity index (χ4n) is 2.43. The summed E-state index contributed by atoms with van der Waals surface area (Å²) in [4.78, 5) is 36.6. The van der Waals surface area contributed by atoms with Crippen LogP contribution in [0.15, 0.2) is 0 Å². The second-order valence-corrected chi connectivity index (χ2v) is 7.56. The molecule has 0 saturated carbocycles. The molecule has 0 bridgehead atoms. The molecule has 3 N–H and O–H groups in total. The molecule has 0 aromatic carbocycles. The Balaban J connectivity index is 5.38. The van der Waals surface area contributed by atoms with Gasteiger partial charge in [0.2, 0.25) is 11.8 Å². The minimum Gasteiger partial charge on any atom is -0.464 e. The fraction of sp³-hybridized carbons (Fsp3) is 0.824. The van der Waals surface area contributed by atoms with E-state index in [-0.39, 0.29) is 12.5 Å². The molecule has 0 aromatic heterocycles. The summed E-state index contributed by atoms with van der Waals surface area (Å²) >= 11 is 0. The van der Waals surface area contributed by atoms with Crippen molar-refractivity contribution in [2.24, 2.45) is 23.2 Å². The molecule has 0 spiro atoms. The number of carbonyl (C=O) groups is 3. The van der Waals surface area contributed by atoms with Gasteiger partial charge in [0.05, 0.1) is 6.61 Å². The van der Waals surface area contributed by atoms with E-state index >= 15 is 0 Å². The van der Waals surface area contributed by atoms with Gasteiger partial charge in [-0.1, -0.05) is 41.5 Å². The Morgan fingerprint density at radius 1 is 1.08 bits per heavy atom. The summed E-state index contributed by atoms with van der Waals surface area (Å²) in [5.41, 5.74) is 1.05. The van der Waals surface area contributed by atoms with Gasteiger partial charge in [-0.2, -0.15) is 0 Å². The van der Waals surface area contributed by atoms with Crippen LogP contribution in [0.25, 0.3) is 0 Å². The predicted octanol–water partition coefficient (Wildman–Crippen LogP) is 1.88. The van der Waals surface area contributed by atoms with Crippen molar-refractivity contribution in [2.45, 2.75) is 60.9 Å². The maximum atomic E-state index is 12.7. The molecular weight excluding hydrogens is 312 g/mol. The van der Waals surface area contributed by atoms with Gasteiger partial charge in [-0.3, -0.25) is 14.8 Å². The van der Waals surface area contributed by atoms with Gasteiger partial charge < -0.3 is 10.1 Å². The van der Waals surface area contributed by atoms with Gasteiger partial charge in [0.1, 0.15) is 6.04 Å². The van der Waals surface area contributed by atoms with E-state index in [0.717, 1.165) is 0 Å². The first kappa shape index (κ1) is 22.4. The van der Waals surface area contributed by atoms with Crippen LogP contribution >= 0.6 is 0 Å². The molecule has 0 aliphatic carbocycles. The lowest BCUT2D eigenvalue weighted by Crippen LogP contribution is -2.53. The van der Waals surface area contributed by atoms with Crippen molar-refractivity contribution in [3.05, 3.63) is 0 Å². The molecule has 0 heterocycles. The number of amides is 2. The van der Waals surface area contributed by atoms with Gasteiger partial charge in [0.25, 0.3) is 0 Å². The van der Waals surface area contributed by atoms with Crippen LogP contribution in [0.1, 0.15) is 54.9 Å². The summed E-state index contributed by atoms with van der Waals surface area (Å²) in [5.74, 6) is -2.73. The molecule has 0 rings (SSSR count). The molecule has 140 valence electrons. The highest BCUT2D eigenvalue weighted by Gasteiger charge is 2.38. The molecule has 0 aliphatic heterocycles. The minimum atomic E-state index is -0.816. The maximum Gasteiger partial charge on any atom is 0.329 e. The van der Waals surface area contributed by atoms with E-state index in [1.165, 1.54) is 0 Å². The standard InChI is InChI=1S/C17H32N2O5/c1-8-24-16(22)13(17(5,6)7)18-15(21)12(9-10(2)3)11(4)14(20)19-23/h10-13,23H,8-9H2,1-7H3,(H,18,21)(H,19,20)/t11?,12-,13?/m1/s1. The van der Waals surface area contributed by atoms with Crippen molar-refractivity contribution in [2.75, 3.05) is 6.61 Å². The number of carbonyl (C=O) groups excluding carboxylic acids is 3. The molecular formula is C17H32N2O5. The first-order chi connectivity index (χ1) is 10.9. The summed E-state index contributed by atoms with van der Waals surface area (Å²) in [6.07, 6.45) is 0.458. The molecule has 24 heavy (non-hydrogen) atoms. The summed E-state index contributed by atoms with van der Waals surface area (Å²) in [5, 5.41) is 11.6. The van der Waals surface area contributed by atoms with Crippen molar-refractivity contribution in [1.82, 2.24) is 10.8 Å². The Bertz CT molecular complexity index is 443. The van der Waals surface area contributed by atoms with E-state index in [1.807, 2.05) is 34.6 Å². The first-order valence-electron chi connectivity index (χ1n) is 8.36. The Morgan fingerprint density at radius 3 is 2.00 bits per heavy atom. The van der Waals surface area contributed by atoms with E-state index in [9.17, 15) is 14.4 Å². The molecule has 0 aromatic rings. The third kappa shape index (κ3) is 6.86. The molecule has 2 amide bonds. The zero-order chi connectivity index (χ0) is 19.1. The monoisotopic (exact) mass is 344 g/mol. The highest BCUT2D eigenvalue weighted by atomic mass is 16.5. The third-order valence-electron chi connectivity index (χ3n) is 3.86. The van der Waals surface area contributed by atoms with E-state index in [4.69, 9.17) is 9.94 Å². The van der Waals surface area contributed by atoms with Gasteiger partial charge in [-0.15, -0.1) is 0 Å². The normalized spacial score (nSPS) is 15.4. The number of esters is 1. The average molecular weight is 344 g/mol. The quantitative estimate of drug-likeness (QED) is 0.354. The minimum absolute atomic E-state index is 0.172. The van der Waals surface area contributed by atoms with Crippen LogP contribution in [0.2, 0.25) is 0 Å². The van der Waals surface area contributed by atoms with E-state index < -0.39 is 41.1 Å². The Kier molecular flexibility index (Phi) is 8.96. The van der Waals surface area contributed by atoms with Gasteiger partial charge in [0, 0.05) is 11.8 Å². The van der Waals surface area contributed by atoms with Gasteiger partial charge in [-0.05, 0) is 24.7 Å². The van der Waals surface area contributed by atoms with E-state index in [0.29, 0.717) is 6.42 Å². The number of ether oxygens (including phenoxy) is 1. The van der Waals surface area contributed by atoms with Crippen LogP contribution < -0.4 is 10.8 Å². The summed E-state index contributed by atoms with van der Waals surface area (Å²) in [6, 6.07) is -0.816. The Hall–Kier alpha value is -1.63. The highest BCUT2D eigenvalue weighted by Crippen LogP contribution is 2.25. The molecule has 0 fully saturated rings. The molecule has 2 unspecified atom stereocenters. The average Bonchev–Trinajstić information content (AvgIpc) is 2.47. The zero-order valence-electron chi connectivity index (χ0n) is 15.8.